The number of nitrogens with zero attached hydrogens (tertiary/aromatic N) is 2. The zero-order valence-corrected chi connectivity index (χ0v) is 19.2. The van der Waals surface area contributed by atoms with E-state index in [0.717, 1.165) is 31.4 Å². The standard InChI is InChI=1S/C25H33N3O4/c1-4-14-28(18-24(29)26-22-17-21(31-2)10-11-23(22)32-3)20-12-15-27(16-13-20)25(30)19-8-6-5-7-9-19/h5-11,17,20H,4,12-16,18H2,1-3H3,(H,26,29). The Balaban J connectivity index is 1.59. The maximum atomic E-state index is 12.9. The number of carbonyl (C=O) groups is 2. The van der Waals surface area contributed by atoms with Crippen LogP contribution < -0.4 is 14.8 Å². The van der Waals surface area contributed by atoms with Gasteiger partial charge in [-0.05, 0) is 50.1 Å². The molecule has 3 rings (SSSR count). The van der Waals surface area contributed by atoms with Gasteiger partial charge in [0.25, 0.3) is 5.91 Å². The van der Waals surface area contributed by atoms with Crippen LogP contribution in [-0.4, -0.2) is 68.1 Å². The molecule has 1 saturated heterocycles. The van der Waals surface area contributed by atoms with Gasteiger partial charge in [0, 0.05) is 30.8 Å². The molecule has 0 aliphatic carbocycles. The third-order valence-corrected chi connectivity index (χ3v) is 5.83. The summed E-state index contributed by atoms with van der Waals surface area (Å²) in [5, 5.41) is 2.96. The van der Waals surface area contributed by atoms with Crippen LogP contribution in [0.3, 0.4) is 0 Å². The molecule has 2 aromatic rings. The molecule has 0 spiro atoms. The maximum absolute atomic E-state index is 12.9. The second-order valence-electron chi connectivity index (χ2n) is 7.97. The Morgan fingerprint density at radius 1 is 1.06 bits per heavy atom. The highest BCUT2D eigenvalue weighted by atomic mass is 16.5. The van der Waals surface area contributed by atoms with E-state index in [1.165, 1.54) is 0 Å². The summed E-state index contributed by atoms with van der Waals surface area (Å²) in [5.41, 5.74) is 1.32. The molecule has 0 radical (unpaired) electrons. The van der Waals surface area contributed by atoms with Crippen LogP contribution >= 0.6 is 0 Å². The monoisotopic (exact) mass is 439 g/mol. The second-order valence-corrected chi connectivity index (χ2v) is 7.97. The molecule has 1 N–H and O–H groups in total. The number of nitrogens with one attached hydrogen (secondary N) is 1. The normalized spacial score (nSPS) is 14.3. The van der Waals surface area contributed by atoms with Gasteiger partial charge in [0.1, 0.15) is 11.5 Å². The van der Waals surface area contributed by atoms with Crippen LogP contribution in [0.4, 0.5) is 5.69 Å². The fourth-order valence-electron chi connectivity index (χ4n) is 4.16. The molecule has 32 heavy (non-hydrogen) atoms. The van der Waals surface area contributed by atoms with Crippen molar-refractivity contribution in [2.45, 2.75) is 32.2 Å². The van der Waals surface area contributed by atoms with E-state index in [9.17, 15) is 9.59 Å². The van der Waals surface area contributed by atoms with Crippen LogP contribution in [0, 0.1) is 0 Å². The van der Waals surface area contributed by atoms with Gasteiger partial charge in [-0.25, -0.2) is 0 Å². The van der Waals surface area contributed by atoms with E-state index in [1.807, 2.05) is 35.2 Å². The van der Waals surface area contributed by atoms with Crippen LogP contribution in [0.25, 0.3) is 0 Å². The smallest absolute Gasteiger partial charge is 0.253 e. The Morgan fingerprint density at radius 2 is 1.78 bits per heavy atom. The van der Waals surface area contributed by atoms with E-state index < -0.39 is 0 Å². The molecular weight excluding hydrogens is 406 g/mol. The van der Waals surface area contributed by atoms with Gasteiger partial charge in [-0.3, -0.25) is 14.5 Å². The number of carbonyl (C=O) groups excluding carboxylic acids is 2. The first-order valence-corrected chi connectivity index (χ1v) is 11.2. The van der Waals surface area contributed by atoms with Gasteiger partial charge in [-0.15, -0.1) is 0 Å². The molecule has 1 aliphatic heterocycles. The molecule has 2 aromatic carbocycles. The quantitative estimate of drug-likeness (QED) is 0.646. The summed E-state index contributed by atoms with van der Waals surface area (Å²) < 4.78 is 10.6. The minimum absolute atomic E-state index is 0.0777. The number of anilines is 1. The lowest BCUT2D eigenvalue weighted by Crippen LogP contribution is -2.49. The van der Waals surface area contributed by atoms with Gasteiger partial charge in [0.15, 0.2) is 0 Å². The topological polar surface area (TPSA) is 71.1 Å². The van der Waals surface area contributed by atoms with Crippen molar-refractivity contribution in [1.82, 2.24) is 9.80 Å². The number of benzene rings is 2. The minimum Gasteiger partial charge on any atom is -0.497 e. The zero-order valence-electron chi connectivity index (χ0n) is 19.2. The summed E-state index contributed by atoms with van der Waals surface area (Å²) in [6, 6.07) is 15.0. The van der Waals surface area contributed by atoms with Crippen molar-refractivity contribution in [2.24, 2.45) is 0 Å². The van der Waals surface area contributed by atoms with Gasteiger partial charge in [-0.2, -0.15) is 0 Å². The molecular formula is C25H33N3O4. The lowest BCUT2D eigenvalue weighted by Gasteiger charge is -2.38. The largest absolute Gasteiger partial charge is 0.497 e. The van der Waals surface area contributed by atoms with Crippen LogP contribution in [0.15, 0.2) is 48.5 Å². The lowest BCUT2D eigenvalue weighted by atomic mass is 10.0. The highest BCUT2D eigenvalue weighted by Crippen LogP contribution is 2.29. The minimum atomic E-state index is -0.0900. The molecule has 1 fully saturated rings. The number of methoxy groups -OCH3 is 2. The number of rotatable bonds is 9. The van der Waals surface area contributed by atoms with Crippen LogP contribution in [0.5, 0.6) is 11.5 Å². The predicted octanol–water partition coefficient (Wildman–Crippen LogP) is 3.66. The molecule has 7 heteroatoms. The highest BCUT2D eigenvalue weighted by Gasteiger charge is 2.28. The van der Waals surface area contributed by atoms with Crippen molar-refractivity contribution in [2.75, 3.05) is 45.7 Å². The SMILES string of the molecule is CCCN(CC(=O)Nc1cc(OC)ccc1OC)C1CCN(C(=O)c2ccccc2)CC1. The van der Waals surface area contributed by atoms with E-state index in [1.54, 1.807) is 32.4 Å². The first kappa shape index (κ1) is 23.6. The van der Waals surface area contributed by atoms with Crippen LogP contribution in [0.1, 0.15) is 36.5 Å². The van der Waals surface area contributed by atoms with Crippen LogP contribution in [-0.2, 0) is 4.79 Å². The first-order chi connectivity index (χ1) is 15.5. The lowest BCUT2D eigenvalue weighted by molar-refractivity contribution is -0.118. The summed E-state index contributed by atoms with van der Waals surface area (Å²) in [5.74, 6) is 1.23. The van der Waals surface area contributed by atoms with Crippen molar-refractivity contribution in [1.29, 1.82) is 0 Å². The maximum Gasteiger partial charge on any atom is 0.253 e. The number of likely N-dealkylation sites (tertiary alicyclic amines) is 1. The van der Waals surface area contributed by atoms with Gasteiger partial charge >= 0.3 is 0 Å². The molecule has 0 aromatic heterocycles. The zero-order chi connectivity index (χ0) is 22.9. The van der Waals surface area contributed by atoms with E-state index in [-0.39, 0.29) is 17.9 Å². The van der Waals surface area contributed by atoms with Crippen molar-refractivity contribution in [3.8, 4) is 11.5 Å². The molecule has 0 bridgehead atoms. The third-order valence-electron chi connectivity index (χ3n) is 5.83. The Kier molecular flexibility index (Phi) is 8.50. The highest BCUT2D eigenvalue weighted by molar-refractivity contribution is 5.94. The first-order valence-electron chi connectivity index (χ1n) is 11.2. The average Bonchev–Trinajstić information content (AvgIpc) is 2.84. The molecule has 0 saturated carbocycles. The molecule has 172 valence electrons. The van der Waals surface area contributed by atoms with E-state index >= 15 is 0 Å². The molecule has 0 atom stereocenters. The molecule has 2 amide bonds. The second kappa shape index (κ2) is 11.5. The van der Waals surface area contributed by atoms with Crippen molar-refractivity contribution in [3.05, 3.63) is 54.1 Å². The number of piperidine rings is 1. The van der Waals surface area contributed by atoms with E-state index in [2.05, 4.69) is 17.1 Å². The average molecular weight is 440 g/mol. The summed E-state index contributed by atoms with van der Waals surface area (Å²) in [4.78, 5) is 29.7. The number of hydrogen-bond donors (Lipinski definition) is 1. The molecule has 1 heterocycles. The molecule has 0 unspecified atom stereocenters. The Bertz CT molecular complexity index is 895. The van der Waals surface area contributed by atoms with E-state index in [4.69, 9.17) is 9.47 Å². The van der Waals surface area contributed by atoms with Gasteiger partial charge in [0.05, 0.1) is 26.5 Å². The van der Waals surface area contributed by atoms with Gasteiger partial charge < -0.3 is 19.7 Å². The number of hydrogen-bond acceptors (Lipinski definition) is 5. The van der Waals surface area contributed by atoms with Gasteiger partial charge in [0.2, 0.25) is 5.91 Å². The van der Waals surface area contributed by atoms with E-state index in [0.29, 0.717) is 36.8 Å². The fourth-order valence-corrected chi connectivity index (χ4v) is 4.16. The fraction of sp³-hybridized carbons (Fsp3) is 0.440. The summed E-state index contributed by atoms with van der Waals surface area (Å²) in [6.07, 6.45) is 2.67. The summed E-state index contributed by atoms with van der Waals surface area (Å²) in [6.45, 7) is 4.64. The third kappa shape index (κ3) is 6.01. The van der Waals surface area contributed by atoms with Crippen LogP contribution in [0.2, 0.25) is 0 Å². The van der Waals surface area contributed by atoms with Gasteiger partial charge in [-0.1, -0.05) is 25.1 Å². The van der Waals surface area contributed by atoms with Crippen molar-refractivity contribution in [3.63, 3.8) is 0 Å². The molecule has 7 nitrogen and oxygen atoms in total. The summed E-state index contributed by atoms with van der Waals surface area (Å²) >= 11 is 0. The van der Waals surface area contributed by atoms with Crippen molar-refractivity contribution >= 4 is 17.5 Å². The number of amides is 2. The summed E-state index contributed by atoms with van der Waals surface area (Å²) in [7, 11) is 3.16. The Hall–Kier alpha value is -3.06. The molecule has 1 aliphatic rings. The Labute approximate surface area is 190 Å². The number of ether oxygens (including phenoxy) is 2. The van der Waals surface area contributed by atoms with Crippen molar-refractivity contribution < 1.29 is 19.1 Å². The predicted molar refractivity (Wildman–Crippen MR) is 125 cm³/mol. The Morgan fingerprint density at radius 3 is 2.41 bits per heavy atom.